The van der Waals surface area contributed by atoms with Crippen LogP contribution in [0, 0.1) is 16.0 Å². The van der Waals surface area contributed by atoms with E-state index in [0.717, 1.165) is 56.7 Å². The number of nitro groups is 1. The second kappa shape index (κ2) is 29.8. The van der Waals surface area contributed by atoms with E-state index in [9.17, 15) is 59.6 Å². The molecule has 3 aromatic rings. The number of rotatable bonds is 24. The number of hydrogen-bond donors (Lipinski definition) is 10. The number of nitrogens with zero attached hydrogens (tertiary/aromatic N) is 1. The molecule has 11 N–H and O–H groups in total. The summed E-state index contributed by atoms with van der Waals surface area (Å²) >= 11 is 0. The number of hydrogen-bond acceptors (Lipinski definition) is 16. The molecule has 10 atom stereocenters. The molecule has 0 saturated carbocycles. The third-order valence-electron chi connectivity index (χ3n) is 12.9. The molecule has 4 amide bonds. The van der Waals surface area contributed by atoms with E-state index in [2.05, 4.69) is 28.2 Å². The molecular formula is C52H73ClN6O16. The van der Waals surface area contributed by atoms with Crippen LogP contribution in [-0.4, -0.2) is 129 Å². The zero-order chi connectivity index (χ0) is 54.1. The quantitative estimate of drug-likeness (QED) is 0.0347. The number of fused-ring (bicyclic) bond motifs is 9. The van der Waals surface area contributed by atoms with Crippen LogP contribution in [0.3, 0.4) is 0 Å². The van der Waals surface area contributed by atoms with E-state index >= 15 is 0 Å². The van der Waals surface area contributed by atoms with Gasteiger partial charge in [-0.3, -0.25) is 29.3 Å². The lowest BCUT2D eigenvalue weighted by molar-refractivity contribution is -0.385. The van der Waals surface area contributed by atoms with Crippen molar-refractivity contribution in [2.75, 3.05) is 13.7 Å². The third kappa shape index (κ3) is 17.5. The first-order valence-corrected chi connectivity index (χ1v) is 25.2. The molecule has 22 nitrogen and oxygen atoms in total. The Kier molecular flexibility index (Phi) is 24.4. The number of nitro benzene ring substituents is 1. The van der Waals surface area contributed by atoms with Crippen molar-refractivity contribution in [2.24, 2.45) is 11.7 Å². The SMILES string of the molecule is CCCCCCCCCCCC(=O)NC1C(Oc2cc3cc(c2OC)Oc2ccc(cc2[N+](=O)[O-])C[C@@H](NC(=O)[C@H](N)CC(C)C)C(=O)N[C@@H](Cc2ccccc2)C(=O)N[C@H]3[C@@H](O)C(=O)O)OC(CO)C(O)C1O.Cl. The molecule has 0 aliphatic carbocycles. The molecule has 1 fully saturated rings. The number of aliphatic carboxylic acids is 1. The standard InChI is InChI=1S/C52H72N6O16.ClH/c1-5-6-7-8-9-10-11-12-16-19-41(60)56-43-45(62)44(61)40(28-59)74-52(43)73-39-27-32-26-38(47(39)71-4)72-37-21-20-31(25-36(37)58(69)70)24-35(54-48(64)33(53)22-29(2)3)49(65)55-34(23-30-17-14-13-15-18-30)50(66)57-42(32)46(63)51(67)68;/h13-15,17-18,20-21,25-27,29,33-35,40,42-46,52,59,61-63H,5-12,16,19,22-24,28,53H2,1-4H3,(H,54,64)(H,55,65)(H,56,60)(H,57,66)(H,67,68);1H/t33-,34+,35-,40?,42-,43?,44?,45?,46-,52?;/m1./s1. The average Bonchev–Trinajstić information content (AvgIpc) is 3.36. The Bertz CT molecular complexity index is 2380. The summed E-state index contributed by atoms with van der Waals surface area (Å²) in [6.45, 7) is 5.03. The smallest absolute Gasteiger partial charge is 0.335 e. The number of halogens is 1. The highest BCUT2D eigenvalue weighted by Gasteiger charge is 2.47. The van der Waals surface area contributed by atoms with Crippen molar-refractivity contribution >= 4 is 47.7 Å². The molecule has 3 heterocycles. The van der Waals surface area contributed by atoms with Crippen LogP contribution >= 0.6 is 12.4 Å². The largest absolute Gasteiger partial charge is 0.490 e. The number of nitrogens with two attached hydrogens (primary N) is 1. The van der Waals surface area contributed by atoms with Gasteiger partial charge in [0, 0.05) is 25.3 Å². The predicted molar refractivity (Wildman–Crippen MR) is 275 cm³/mol. The molecule has 3 aliphatic heterocycles. The van der Waals surface area contributed by atoms with Crippen molar-refractivity contribution in [3.05, 3.63) is 87.5 Å². The first kappa shape index (κ1) is 61.4. The summed E-state index contributed by atoms with van der Waals surface area (Å²) in [7, 11) is 1.17. The maximum atomic E-state index is 14.6. The van der Waals surface area contributed by atoms with Crippen LogP contribution in [0.4, 0.5) is 5.69 Å². The second-order valence-corrected chi connectivity index (χ2v) is 19.2. The van der Waals surface area contributed by atoms with E-state index in [0.29, 0.717) is 12.0 Å². The van der Waals surface area contributed by atoms with E-state index < -0.39 is 125 Å². The van der Waals surface area contributed by atoms with Gasteiger partial charge in [0.2, 0.25) is 41.4 Å². The van der Waals surface area contributed by atoms with Gasteiger partial charge in [-0.15, -0.1) is 12.4 Å². The summed E-state index contributed by atoms with van der Waals surface area (Å²) in [4.78, 5) is 80.6. The van der Waals surface area contributed by atoms with Gasteiger partial charge in [0.15, 0.2) is 17.6 Å². The monoisotopic (exact) mass is 1070 g/mol. The molecular weight excluding hydrogens is 1000 g/mol. The summed E-state index contributed by atoms with van der Waals surface area (Å²) < 4.78 is 24.2. The minimum Gasteiger partial charge on any atom is -0.490 e. The lowest BCUT2D eigenvalue weighted by Gasteiger charge is -2.42. The van der Waals surface area contributed by atoms with Crippen molar-refractivity contribution in [3.63, 3.8) is 0 Å². The Labute approximate surface area is 442 Å². The Morgan fingerprint density at radius 3 is 2.19 bits per heavy atom. The fourth-order valence-electron chi connectivity index (χ4n) is 8.91. The van der Waals surface area contributed by atoms with Gasteiger partial charge >= 0.3 is 11.7 Å². The molecule has 75 heavy (non-hydrogen) atoms. The van der Waals surface area contributed by atoms with Crippen molar-refractivity contribution < 1.29 is 73.4 Å². The minimum atomic E-state index is -2.45. The summed E-state index contributed by atoms with van der Waals surface area (Å²) in [5, 5.41) is 77.5. The van der Waals surface area contributed by atoms with Crippen LogP contribution < -0.4 is 41.2 Å². The van der Waals surface area contributed by atoms with E-state index in [4.69, 9.17) is 24.7 Å². The zero-order valence-electron chi connectivity index (χ0n) is 42.7. The topological polar surface area (TPSA) is 341 Å². The number of nitrogens with one attached hydrogen (secondary N) is 4. The lowest BCUT2D eigenvalue weighted by Crippen LogP contribution is -2.65. The first-order chi connectivity index (χ1) is 35.3. The number of ether oxygens (including phenoxy) is 4. The lowest BCUT2D eigenvalue weighted by atomic mass is 9.96. The van der Waals surface area contributed by atoms with Crippen LogP contribution in [0.25, 0.3) is 0 Å². The van der Waals surface area contributed by atoms with Crippen LogP contribution in [0.2, 0.25) is 0 Å². The number of amides is 4. The highest BCUT2D eigenvalue weighted by Crippen LogP contribution is 2.45. The van der Waals surface area contributed by atoms with Gasteiger partial charge in [-0.2, -0.15) is 0 Å². The number of aliphatic hydroxyl groups excluding tert-OH is 4. The van der Waals surface area contributed by atoms with Crippen molar-refractivity contribution in [1.82, 2.24) is 21.3 Å². The molecule has 3 aromatic carbocycles. The molecule has 0 radical (unpaired) electrons. The number of carbonyl (C=O) groups is 5. The molecule has 0 aromatic heterocycles. The minimum absolute atomic E-state index is 0. The number of carboxylic acids is 1. The normalized spacial score (nSPS) is 22.6. The second-order valence-electron chi connectivity index (χ2n) is 19.2. The summed E-state index contributed by atoms with van der Waals surface area (Å²) in [5.74, 6) is -6.54. The fourth-order valence-corrected chi connectivity index (χ4v) is 8.91. The van der Waals surface area contributed by atoms with Crippen LogP contribution in [0.1, 0.15) is 114 Å². The Hall–Kier alpha value is -6.14. The van der Waals surface area contributed by atoms with Crippen molar-refractivity contribution in [1.29, 1.82) is 0 Å². The van der Waals surface area contributed by atoms with Gasteiger partial charge in [0.25, 0.3) is 0 Å². The number of carbonyl (C=O) groups excluding carboxylic acids is 4. The summed E-state index contributed by atoms with van der Waals surface area (Å²) in [6, 6.07) is 6.91. The highest BCUT2D eigenvalue weighted by molar-refractivity contribution is 5.94. The van der Waals surface area contributed by atoms with Gasteiger partial charge in [0.1, 0.15) is 36.4 Å². The first-order valence-electron chi connectivity index (χ1n) is 25.2. The number of aliphatic hydroxyl groups is 4. The van der Waals surface area contributed by atoms with E-state index in [-0.39, 0.29) is 60.9 Å². The Morgan fingerprint density at radius 2 is 1.57 bits per heavy atom. The van der Waals surface area contributed by atoms with Crippen LogP contribution in [-0.2, 0) is 41.6 Å². The number of benzene rings is 3. The maximum Gasteiger partial charge on any atom is 0.335 e. The molecule has 5 unspecified atom stereocenters. The van der Waals surface area contributed by atoms with E-state index in [1.807, 2.05) is 13.8 Å². The van der Waals surface area contributed by atoms with Crippen LogP contribution in [0.5, 0.6) is 23.0 Å². The van der Waals surface area contributed by atoms with Crippen LogP contribution in [0.15, 0.2) is 60.7 Å². The number of carboxylic acid groups (broad SMARTS) is 1. The summed E-state index contributed by atoms with van der Waals surface area (Å²) in [6.07, 6.45) is -0.450. The van der Waals surface area contributed by atoms with Crippen molar-refractivity contribution in [3.8, 4) is 23.0 Å². The molecule has 414 valence electrons. The van der Waals surface area contributed by atoms with Gasteiger partial charge in [-0.25, -0.2) is 4.79 Å². The number of methoxy groups -OCH3 is 1. The Morgan fingerprint density at radius 1 is 0.907 bits per heavy atom. The molecule has 1 saturated heterocycles. The van der Waals surface area contributed by atoms with Gasteiger partial charge < -0.3 is 71.5 Å². The number of unbranched alkanes of at least 4 members (excludes halogenated alkanes) is 8. The molecule has 6 rings (SSSR count). The molecule has 0 spiro atoms. The molecule has 23 heteroatoms. The van der Waals surface area contributed by atoms with E-state index in [1.54, 1.807) is 30.3 Å². The van der Waals surface area contributed by atoms with Gasteiger partial charge in [-0.05, 0) is 53.6 Å². The third-order valence-corrected chi connectivity index (χ3v) is 12.9. The average molecular weight is 1070 g/mol. The summed E-state index contributed by atoms with van der Waals surface area (Å²) in [5.41, 5.74) is 5.98. The van der Waals surface area contributed by atoms with Gasteiger partial charge in [-0.1, -0.05) is 109 Å². The zero-order valence-corrected chi connectivity index (χ0v) is 43.5. The van der Waals surface area contributed by atoms with E-state index in [1.165, 1.54) is 32.1 Å². The molecule has 3 aliphatic rings. The Balaban J connectivity index is 0.0000122. The molecule has 4 bridgehead atoms. The van der Waals surface area contributed by atoms with Crippen molar-refractivity contribution in [2.45, 2.75) is 165 Å². The maximum absolute atomic E-state index is 14.6. The predicted octanol–water partition coefficient (Wildman–Crippen LogP) is 3.79. The highest BCUT2D eigenvalue weighted by atomic mass is 35.5. The fraction of sp³-hybridized carbons (Fsp3) is 0.558. The van der Waals surface area contributed by atoms with Gasteiger partial charge in [0.05, 0.1) is 30.7 Å².